The lowest BCUT2D eigenvalue weighted by atomic mass is 10.1. The minimum atomic E-state index is 0.232. The van der Waals surface area contributed by atoms with Gasteiger partial charge in [0.15, 0.2) is 0 Å². The predicted octanol–water partition coefficient (Wildman–Crippen LogP) is 4.15. The van der Waals surface area contributed by atoms with Gasteiger partial charge in [-0.2, -0.15) is 0 Å². The van der Waals surface area contributed by atoms with Crippen LogP contribution < -0.4 is 10.6 Å². The van der Waals surface area contributed by atoms with Crippen LogP contribution in [-0.2, 0) is 0 Å². The number of aromatic nitrogens is 2. The normalized spacial score (nSPS) is 12.2. The molecule has 20 heavy (non-hydrogen) atoms. The number of nitrogens with one attached hydrogen (secondary N) is 2. The molecule has 1 atom stereocenters. The third-order valence-electron chi connectivity index (χ3n) is 3.10. The molecule has 0 aliphatic carbocycles. The maximum Gasteiger partial charge on any atom is 0.147 e. The molecule has 0 bridgehead atoms. The van der Waals surface area contributed by atoms with Crippen LogP contribution in [-0.4, -0.2) is 16.5 Å². The number of thiophene rings is 1. The zero-order valence-electron chi connectivity index (χ0n) is 12.5. The van der Waals surface area contributed by atoms with Crippen molar-refractivity contribution in [2.24, 2.45) is 0 Å². The summed E-state index contributed by atoms with van der Waals surface area (Å²) in [6, 6.07) is 2.47. The number of aryl methyl sites for hydroxylation is 2. The summed E-state index contributed by atoms with van der Waals surface area (Å²) >= 11 is 1.83. The molecule has 2 aromatic heterocycles. The fraction of sp³-hybridized carbons (Fsp3) is 0.467. The van der Waals surface area contributed by atoms with E-state index in [9.17, 15) is 0 Å². The van der Waals surface area contributed by atoms with E-state index in [2.05, 4.69) is 54.4 Å². The number of rotatable bonds is 6. The van der Waals surface area contributed by atoms with E-state index in [1.165, 1.54) is 15.3 Å². The van der Waals surface area contributed by atoms with Crippen molar-refractivity contribution < 1.29 is 0 Å². The van der Waals surface area contributed by atoms with Crippen LogP contribution in [0, 0.1) is 13.8 Å². The summed E-state index contributed by atoms with van der Waals surface area (Å²) in [5, 5.41) is 6.67. The molecule has 0 saturated heterocycles. The van der Waals surface area contributed by atoms with Gasteiger partial charge in [-0.05, 0) is 38.8 Å². The van der Waals surface area contributed by atoms with Gasteiger partial charge in [0.25, 0.3) is 0 Å². The van der Waals surface area contributed by atoms with Crippen molar-refractivity contribution in [3.63, 3.8) is 0 Å². The monoisotopic (exact) mass is 290 g/mol. The minimum Gasteiger partial charge on any atom is -0.369 e. The molecule has 4 nitrogen and oxygen atoms in total. The first-order valence-corrected chi connectivity index (χ1v) is 7.81. The van der Waals surface area contributed by atoms with Crippen molar-refractivity contribution in [1.29, 1.82) is 0 Å². The molecule has 0 aromatic carbocycles. The molecule has 0 spiro atoms. The molecular formula is C15H22N4S. The Kier molecular flexibility index (Phi) is 4.95. The van der Waals surface area contributed by atoms with Crippen LogP contribution in [0.4, 0.5) is 11.6 Å². The summed E-state index contributed by atoms with van der Waals surface area (Å²) in [6.07, 6.45) is 4.59. The standard InChI is InChI=1S/C15H22N4S/c1-5-6-17-14-8-16-9-15(19-14)18-11(3)13-7-10(2)20-12(13)4/h7-9,11H,5-6H2,1-4H3,(H2,17,18,19). The van der Waals surface area contributed by atoms with E-state index in [0.29, 0.717) is 0 Å². The van der Waals surface area contributed by atoms with Gasteiger partial charge < -0.3 is 10.6 Å². The molecule has 0 fully saturated rings. The number of anilines is 2. The highest BCUT2D eigenvalue weighted by molar-refractivity contribution is 7.12. The predicted molar refractivity (Wildman–Crippen MR) is 86.6 cm³/mol. The van der Waals surface area contributed by atoms with Crippen LogP contribution >= 0.6 is 11.3 Å². The van der Waals surface area contributed by atoms with Crippen molar-refractivity contribution in [2.45, 2.75) is 40.2 Å². The zero-order chi connectivity index (χ0) is 14.5. The van der Waals surface area contributed by atoms with E-state index in [4.69, 9.17) is 0 Å². The Morgan fingerprint density at radius 3 is 2.65 bits per heavy atom. The number of hydrogen-bond donors (Lipinski definition) is 2. The van der Waals surface area contributed by atoms with Gasteiger partial charge in [-0.3, -0.25) is 4.98 Å². The average Bonchev–Trinajstić information content (AvgIpc) is 2.76. The zero-order valence-corrected chi connectivity index (χ0v) is 13.3. The second-order valence-electron chi connectivity index (χ2n) is 4.95. The van der Waals surface area contributed by atoms with Gasteiger partial charge in [-0.25, -0.2) is 4.98 Å². The summed E-state index contributed by atoms with van der Waals surface area (Å²) in [6.45, 7) is 9.50. The molecule has 2 N–H and O–H groups in total. The molecule has 0 saturated carbocycles. The molecule has 2 aromatic rings. The molecular weight excluding hydrogens is 268 g/mol. The summed E-state index contributed by atoms with van der Waals surface area (Å²) in [5.74, 6) is 1.63. The van der Waals surface area contributed by atoms with E-state index >= 15 is 0 Å². The van der Waals surface area contributed by atoms with Gasteiger partial charge in [-0.1, -0.05) is 6.92 Å². The maximum atomic E-state index is 4.53. The van der Waals surface area contributed by atoms with Crippen molar-refractivity contribution >= 4 is 23.0 Å². The lowest BCUT2D eigenvalue weighted by molar-refractivity contribution is 0.867. The Hall–Kier alpha value is -1.62. The Balaban J connectivity index is 2.07. The first-order valence-electron chi connectivity index (χ1n) is 6.99. The van der Waals surface area contributed by atoms with Gasteiger partial charge in [0, 0.05) is 16.3 Å². The third-order valence-corrected chi connectivity index (χ3v) is 4.08. The van der Waals surface area contributed by atoms with Crippen LogP contribution in [0.5, 0.6) is 0 Å². The summed E-state index contributed by atoms with van der Waals surface area (Å²) in [5.41, 5.74) is 1.33. The van der Waals surface area contributed by atoms with E-state index in [-0.39, 0.29) is 6.04 Å². The van der Waals surface area contributed by atoms with E-state index < -0.39 is 0 Å². The second-order valence-corrected chi connectivity index (χ2v) is 6.41. The van der Waals surface area contributed by atoms with Crippen LogP contribution in [0.25, 0.3) is 0 Å². The van der Waals surface area contributed by atoms with E-state index in [1.807, 2.05) is 11.3 Å². The van der Waals surface area contributed by atoms with Crippen LogP contribution in [0.15, 0.2) is 18.5 Å². The average molecular weight is 290 g/mol. The molecule has 0 aliphatic rings. The highest BCUT2D eigenvalue weighted by Crippen LogP contribution is 2.28. The van der Waals surface area contributed by atoms with Crippen molar-refractivity contribution in [1.82, 2.24) is 9.97 Å². The maximum absolute atomic E-state index is 4.53. The lowest BCUT2D eigenvalue weighted by Crippen LogP contribution is -2.10. The molecule has 5 heteroatoms. The Morgan fingerprint density at radius 2 is 2.00 bits per heavy atom. The van der Waals surface area contributed by atoms with Gasteiger partial charge >= 0.3 is 0 Å². The Morgan fingerprint density at radius 1 is 1.25 bits per heavy atom. The largest absolute Gasteiger partial charge is 0.369 e. The highest BCUT2D eigenvalue weighted by Gasteiger charge is 2.12. The minimum absolute atomic E-state index is 0.232. The van der Waals surface area contributed by atoms with Crippen LogP contribution in [0.1, 0.15) is 41.6 Å². The van der Waals surface area contributed by atoms with Crippen molar-refractivity contribution in [3.8, 4) is 0 Å². The number of hydrogen-bond acceptors (Lipinski definition) is 5. The highest BCUT2D eigenvalue weighted by atomic mass is 32.1. The van der Waals surface area contributed by atoms with Crippen LogP contribution in [0.3, 0.4) is 0 Å². The Labute approximate surface area is 124 Å². The summed E-state index contributed by atoms with van der Waals surface area (Å²) < 4.78 is 0. The lowest BCUT2D eigenvalue weighted by Gasteiger charge is -2.15. The van der Waals surface area contributed by atoms with Crippen molar-refractivity contribution in [3.05, 3.63) is 33.8 Å². The smallest absolute Gasteiger partial charge is 0.147 e. The van der Waals surface area contributed by atoms with Gasteiger partial charge in [0.05, 0.1) is 18.4 Å². The molecule has 2 heterocycles. The Bertz CT molecular complexity index is 565. The molecule has 0 amide bonds. The van der Waals surface area contributed by atoms with Crippen molar-refractivity contribution in [2.75, 3.05) is 17.2 Å². The van der Waals surface area contributed by atoms with Gasteiger partial charge in [-0.15, -0.1) is 11.3 Å². The van der Waals surface area contributed by atoms with Gasteiger partial charge in [0.1, 0.15) is 11.6 Å². The first-order chi connectivity index (χ1) is 9.60. The molecule has 0 radical (unpaired) electrons. The molecule has 1 unspecified atom stereocenters. The fourth-order valence-electron chi connectivity index (χ4n) is 2.15. The summed E-state index contributed by atoms with van der Waals surface area (Å²) in [7, 11) is 0. The third kappa shape index (κ3) is 3.70. The van der Waals surface area contributed by atoms with Crippen LogP contribution in [0.2, 0.25) is 0 Å². The topological polar surface area (TPSA) is 49.8 Å². The van der Waals surface area contributed by atoms with E-state index in [1.54, 1.807) is 12.4 Å². The summed E-state index contributed by atoms with van der Waals surface area (Å²) in [4.78, 5) is 11.5. The molecule has 0 aliphatic heterocycles. The fourth-order valence-corrected chi connectivity index (χ4v) is 3.18. The van der Waals surface area contributed by atoms with E-state index in [0.717, 1.165) is 24.6 Å². The SMILES string of the molecule is CCCNc1cncc(NC(C)c2cc(C)sc2C)n1. The number of nitrogens with zero attached hydrogens (tertiary/aromatic N) is 2. The second kappa shape index (κ2) is 6.70. The quantitative estimate of drug-likeness (QED) is 0.839. The molecule has 2 rings (SSSR count). The first kappa shape index (κ1) is 14.8. The molecule has 108 valence electrons. The van der Waals surface area contributed by atoms with Gasteiger partial charge in [0.2, 0.25) is 0 Å².